The molecule has 0 bridgehead atoms. The van der Waals surface area contributed by atoms with Crippen molar-refractivity contribution in [2.45, 2.75) is 19.8 Å². The summed E-state index contributed by atoms with van der Waals surface area (Å²) in [7, 11) is 0. The molecule has 0 saturated heterocycles. The van der Waals surface area contributed by atoms with Crippen molar-refractivity contribution in [3.63, 3.8) is 0 Å². The molecule has 1 saturated carbocycles. The van der Waals surface area contributed by atoms with Crippen molar-refractivity contribution >= 4 is 33.1 Å². The summed E-state index contributed by atoms with van der Waals surface area (Å²) in [5.74, 6) is 1.22. The van der Waals surface area contributed by atoms with Gasteiger partial charge in [-0.2, -0.15) is 5.10 Å². The summed E-state index contributed by atoms with van der Waals surface area (Å²) in [5.41, 5.74) is 6.51. The molecule has 0 aliphatic heterocycles. The van der Waals surface area contributed by atoms with Gasteiger partial charge in [0.2, 0.25) is 0 Å². The fourth-order valence-corrected chi connectivity index (χ4v) is 3.16. The number of nitrogens with two attached hydrogens (primary N) is 1. The minimum atomic E-state index is -0.104. The molecule has 1 fully saturated rings. The zero-order valence-electron chi connectivity index (χ0n) is 10.7. The maximum Gasteiger partial charge on any atom is 0.263 e. The van der Waals surface area contributed by atoms with Crippen molar-refractivity contribution in [2.24, 2.45) is 11.8 Å². The summed E-state index contributed by atoms with van der Waals surface area (Å²) < 4.78 is 0. The number of carbonyl (C=O) groups is 1. The Morgan fingerprint density at radius 1 is 1.63 bits per heavy atom. The van der Waals surface area contributed by atoms with E-state index in [1.165, 1.54) is 24.2 Å². The van der Waals surface area contributed by atoms with Crippen LogP contribution in [0.3, 0.4) is 0 Å². The Bertz CT molecular complexity index is 620. The monoisotopic (exact) mass is 276 g/mol. The zero-order valence-corrected chi connectivity index (χ0v) is 11.5. The molecular formula is C13H16N4OS. The smallest absolute Gasteiger partial charge is 0.263 e. The van der Waals surface area contributed by atoms with E-state index in [1.807, 2.05) is 0 Å². The molecule has 1 unspecified atom stereocenters. The Balaban J connectivity index is 1.75. The average Bonchev–Trinajstić information content (AvgIpc) is 3.21. The van der Waals surface area contributed by atoms with Crippen molar-refractivity contribution in [1.82, 2.24) is 15.5 Å². The second-order valence-corrected chi connectivity index (χ2v) is 6.12. The number of hydrogen-bond acceptors (Lipinski definition) is 5. The SMILES string of the molecule is CC(CNC(=O)c1sc2nnccc2c1N)C1CC1. The highest BCUT2D eigenvalue weighted by Crippen LogP contribution is 2.36. The lowest BCUT2D eigenvalue weighted by molar-refractivity contribution is 0.0951. The molecule has 2 heterocycles. The standard InChI is InChI=1S/C13H16N4OS/c1-7(8-2-3-8)6-15-12(18)11-10(14)9-4-5-16-17-13(9)19-11/h4-5,7-8H,2-3,6,14H2,1H3,(H,15,18). The lowest BCUT2D eigenvalue weighted by Crippen LogP contribution is -2.28. The summed E-state index contributed by atoms with van der Waals surface area (Å²) in [5, 5.41) is 11.6. The maximum absolute atomic E-state index is 12.2. The molecule has 3 rings (SSSR count). The number of hydrogen-bond donors (Lipinski definition) is 2. The van der Waals surface area contributed by atoms with Gasteiger partial charge >= 0.3 is 0 Å². The van der Waals surface area contributed by atoms with Crippen LogP contribution in [0.15, 0.2) is 12.3 Å². The van der Waals surface area contributed by atoms with Crippen molar-refractivity contribution in [3.05, 3.63) is 17.1 Å². The van der Waals surface area contributed by atoms with Crippen LogP contribution in [0.1, 0.15) is 29.4 Å². The van der Waals surface area contributed by atoms with Gasteiger partial charge < -0.3 is 11.1 Å². The van der Waals surface area contributed by atoms with Crippen molar-refractivity contribution in [3.8, 4) is 0 Å². The number of nitrogens with zero attached hydrogens (tertiary/aromatic N) is 2. The first-order valence-corrected chi connectivity index (χ1v) is 7.26. The molecule has 5 nitrogen and oxygen atoms in total. The number of thiophene rings is 1. The van der Waals surface area contributed by atoms with Gasteiger partial charge in [-0.05, 0) is 30.7 Å². The normalized spacial score (nSPS) is 16.5. The highest BCUT2D eigenvalue weighted by Gasteiger charge is 2.28. The molecule has 2 aromatic heterocycles. The van der Waals surface area contributed by atoms with Crippen LogP contribution in [0, 0.1) is 11.8 Å². The number of aromatic nitrogens is 2. The first-order valence-electron chi connectivity index (χ1n) is 6.44. The highest BCUT2D eigenvalue weighted by atomic mass is 32.1. The Morgan fingerprint density at radius 2 is 2.42 bits per heavy atom. The average molecular weight is 276 g/mol. The van der Waals surface area contributed by atoms with E-state index in [1.54, 1.807) is 12.3 Å². The summed E-state index contributed by atoms with van der Waals surface area (Å²) in [6.07, 6.45) is 4.16. The predicted molar refractivity (Wildman–Crippen MR) is 76.0 cm³/mol. The number of nitrogens with one attached hydrogen (secondary N) is 1. The Morgan fingerprint density at radius 3 is 3.11 bits per heavy atom. The van der Waals surface area contributed by atoms with Crippen LogP contribution in [0.4, 0.5) is 5.69 Å². The first-order chi connectivity index (χ1) is 9.16. The number of nitrogen functional groups attached to an aromatic ring is 1. The fraction of sp³-hybridized carbons (Fsp3) is 0.462. The van der Waals surface area contributed by atoms with E-state index in [4.69, 9.17) is 5.73 Å². The van der Waals surface area contributed by atoms with Gasteiger partial charge in [-0.25, -0.2) is 0 Å². The van der Waals surface area contributed by atoms with Crippen LogP contribution in [0.2, 0.25) is 0 Å². The number of fused-ring (bicyclic) bond motifs is 1. The van der Waals surface area contributed by atoms with E-state index in [2.05, 4.69) is 22.4 Å². The van der Waals surface area contributed by atoms with Gasteiger partial charge in [-0.15, -0.1) is 16.4 Å². The number of amides is 1. The van der Waals surface area contributed by atoms with Gasteiger partial charge in [-0.3, -0.25) is 4.79 Å². The van der Waals surface area contributed by atoms with Crippen molar-refractivity contribution in [1.29, 1.82) is 0 Å². The number of carbonyl (C=O) groups excluding carboxylic acids is 1. The van der Waals surface area contributed by atoms with Crippen molar-refractivity contribution < 1.29 is 4.79 Å². The third-order valence-corrected chi connectivity index (χ3v) is 4.74. The van der Waals surface area contributed by atoms with E-state index in [0.717, 1.165) is 11.3 Å². The lowest BCUT2D eigenvalue weighted by atomic mass is 10.1. The molecule has 1 aliphatic carbocycles. The van der Waals surface area contributed by atoms with Gasteiger partial charge in [0.15, 0.2) is 0 Å². The van der Waals surface area contributed by atoms with Gasteiger partial charge in [0.1, 0.15) is 9.71 Å². The van der Waals surface area contributed by atoms with Crippen LogP contribution < -0.4 is 11.1 Å². The largest absolute Gasteiger partial charge is 0.397 e. The van der Waals surface area contributed by atoms with Crippen LogP contribution in [0.25, 0.3) is 10.2 Å². The summed E-state index contributed by atoms with van der Waals surface area (Å²) in [4.78, 5) is 13.4. The minimum Gasteiger partial charge on any atom is -0.397 e. The van der Waals surface area contributed by atoms with E-state index in [-0.39, 0.29) is 5.91 Å². The van der Waals surface area contributed by atoms with Gasteiger partial charge in [0.05, 0.1) is 11.9 Å². The topological polar surface area (TPSA) is 80.9 Å². The molecule has 0 aromatic carbocycles. The molecule has 3 N–H and O–H groups in total. The van der Waals surface area contributed by atoms with E-state index in [0.29, 0.717) is 27.9 Å². The molecule has 100 valence electrons. The number of rotatable bonds is 4. The molecule has 0 radical (unpaired) electrons. The molecule has 1 aliphatic rings. The van der Waals surface area contributed by atoms with E-state index in [9.17, 15) is 4.79 Å². The second-order valence-electron chi connectivity index (χ2n) is 5.12. The van der Waals surface area contributed by atoms with Crippen molar-refractivity contribution in [2.75, 3.05) is 12.3 Å². The molecule has 19 heavy (non-hydrogen) atoms. The molecule has 1 atom stereocenters. The third kappa shape index (κ3) is 2.40. The molecular weight excluding hydrogens is 260 g/mol. The van der Waals surface area contributed by atoms with Gasteiger partial charge in [0.25, 0.3) is 5.91 Å². The van der Waals surface area contributed by atoms with E-state index < -0.39 is 0 Å². The van der Waals surface area contributed by atoms with Crippen LogP contribution >= 0.6 is 11.3 Å². The first kappa shape index (κ1) is 12.3. The maximum atomic E-state index is 12.2. The molecule has 2 aromatic rings. The third-order valence-electron chi connectivity index (χ3n) is 3.64. The van der Waals surface area contributed by atoms with E-state index >= 15 is 0 Å². The zero-order chi connectivity index (χ0) is 13.4. The number of anilines is 1. The Hall–Kier alpha value is -1.69. The Labute approximate surface area is 115 Å². The Kier molecular flexibility index (Phi) is 3.10. The molecule has 1 amide bonds. The summed E-state index contributed by atoms with van der Waals surface area (Å²) >= 11 is 1.30. The summed E-state index contributed by atoms with van der Waals surface area (Å²) in [6.45, 7) is 2.89. The van der Waals surface area contributed by atoms with Crippen LogP contribution in [0.5, 0.6) is 0 Å². The van der Waals surface area contributed by atoms with Crippen LogP contribution in [-0.2, 0) is 0 Å². The minimum absolute atomic E-state index is 0.104. The summed E-state index contributed by atoms with van der Waals surface area (Å²) in [6, 6.07) is 1.79. The second kappa shape index (κ2) is 4.77. The quantitative estimate of drug-likeness (QED) is 0.895. The molecule has 6 heteroatoms. The van der Waals surface area contributed by atoms with Gasteiger partial charge in [0, 0.05) is 11.9 Å². The van der Waals surface area contributed by atoms with Crippen LogP contribution in [-0.4, -0.2) is 22.6 Å². The fourth-order valence-electron chi connectivity index (χ4n) is 2.21. The van der Waals surface area contributed by atoms with Gasteiger partial charge in [-0.1, -0.05) is 6.92 Å². The highest BCUT2D eigenvalue weighted by molar-refractivity contribution is 7.21. The predicted octanol–water partition coefficient (Wildman–Crippen LogP) is 2.05. The lowest BCUT2D eigenvalue weighted by Gasteiger charge is -2.10. The molecule has 0 spiro atoms.